The maximum Gasteiger partial charge on any atom is 0.270 e. The fourth-order valence-electron chi connectivity index (χ4n) is 4.35. The average molecular weight is 494 g/mol. The quantitative estimate of drug-likeness (QED) is 0.233. The number of ether oxygens (including phenoxy) is 1. The Bertz CT molecular complexity index is 1490. The highest BCUT2D eigenvalue weighted by molar-refractivity contribution is 7.80. The van der Waals surface area contributed by atoms with Gasteiger partial charge in [0.2, 0.25) is 0 Å². The van der Waals surface area contributed by atoms with E-state index in [9.17, 15) is 9.59 Å². The van der Waals surface area contributed by atoms with Crippen LogP contribution in [0.25, 0.3) is 23.0 Å². The van der Waals surface area contributed by atoms with Crippen molar-refractivity contribution in [2.75, 3.05) is 12.0 Å². The number of hydrogen-bond donors (Lipinski definition) is 1. The number of rotatable bonds is 5. The molecule has 0 unspecified atom stereocenters. The molecule has 2 amide bonds. The van der Waals surface area contributed by atoms with Crippen molar-refractivity contribution in [1.29, 1.82) is 0 Å². The first-order valence-corrected chi connectivity index (χ1v) is 11.8. The molecule has 0 saturated carbocycles. The second-order valence-electron chi connectivity index (χ2n) is 8.28. The Morgan fingerprint density at radius 3 is 2.14 bits per heavy atom. The number of aryl methyl sites for hydroxylation is 1. The fraction of sp³-hybridized carbons (Fsp3) is 0.0690. The topological polar surface area (TPSA) is 63.6 Å². The molecular weight excluding hydrogens is 470 g/mol. The largest absolute Gasteiger partial charge is 0.497 e. The van der Waals surface area contributed by atoms with Crippen LogP contribution in [-0.4, -0.2) is 28.6 Å². The molecule has 4 aromatic rings. The number of nitrogens with zero attached hydrogens (tertiary/aromatic N) is 2. The van der Waals surface area contributed by atoms with Crippen LogP contribution in [0.1, 0.15) is 11.3 Å². The maximum atomic E-state index is 13.6. The van der Waals surface area contributed by atoms with Gasteiger partial charge in [-0.05, 0) is 73.2 Å². The van der Waals surface area contributed by atoms with Crippen molar-refractivity contribution in [3.05, 3.63) is 108 Å². The molecule has 0 atom stereocenters. The molecule has 1 N–H and O–H groups in total. The second-order valence-corrected chi connectivity index (χ2v) is 8.67. The van der Waals surface area contributed by atoms with Crippen LogP contribution < -0.4 is 15.0 Å². The molecule has 1 fully saturated rings. The zero-order valence-electron chi connectivity index (χ0n) is 19.8. The number of amides is 2. The number of hydrogen-bond acceptors (Lipinski definition) is 4. The fourth-order valence-corrected chi connectivity index (χ4v) is 4.63. The Hall–Kier alpha value is -4.49. The van der Waals surface area contributed by atoms with E-state index in [2.05, 4.69) is 9.88 Å². The predicted molar refractivity (Wildman–Crippen MR) is 145 cm³/mol. The highest BCUT2D eigenvalue weighted by atomic mass is 32.1. The normalized spacial score (nSPS) is 14.8. The SMILES string of the molecule is COc1ccc(N2C(=O)C(=Cc3cc(C)n(-c4ccccc4)c3-c3ccccc3)C(=O)NC2=S)cc1. The Morgan fingerprint density at radius 2 is 1.50 bits per heavy atom. The summed E-state index contributed by atoms with van der Waals surface area (Å²) in [5, 5.41) is 2.70. The van der Waals surface area contributed by atoms with E-state index in [-0.39, 0.29) is 10.7 Å². The minimum Gasteiger partial charge on any atom is -0.497 e. The number of nitrogens with one attached hydrogen (secondary N) is 1. The zero-order chi connectivity index (χ0) is 25.2. The lowest BCUT2D eigenvalue weighted by atomic mass is 10.0. The van der Waals surface area contributed by atoms with Gasteiger partial charge in [0.1, 0.15) is 11.3 Å². The van der Waals surface area contributed by atoms with Crippen molar-refractivity contribution in [2.24, 2.45) is 0 Å². The highest BCUT2D eigenvalue weighted by Crippen LogP contribution is 2.33. The number of methoxy groups -OCH3 is 1. The van der Waals surface area contributed by atoms with Gasteiger partial charge < -0.3 is 9.30 Å². The Kier molecular flexibility index (Phi) is 6.23. The van der Waals surface area contributed by atoms with E-state index >= 15 is 0 Å². The third-order valence-electron chi connectivity index (χ3n) is 6.01. The smallest absolute Gasteiger partial charge is 0.270 e. The molecule has 3 aromatic carbocycles. The first-order valence-electron chi connectivity index (χ1n) is 11.4. The molecule has 2 heterocycles. The molecule has 1 saturated heterocycles. The van der Waals surface area contributed by atoms with E-state index < -0.39 is 11.8 Å². The summed E-state index contributed by atoms with van der Waals surface area (Å²) in [6, 6.07) is 28.8. The van der Waals surface area contributed by atoms with Crippen molar-refractivity contribution in [2.45, 2.75) is 6.92 Å². The maximum absolute atomic E-state index is 13.6. The average Bonchev–Trinajstić information content (AvgIpc) is 3.23. The van der Waals surface area contributed by atoms with Crippen LogP contribution in [0.3, 0.4) is 0 Å². The standard InChI is InChI=1S/C29H23N3O3S/c1-19-17-21(26(20-9-5-3-6-10-20)31(19)22-11-7-4-8-12-22)18-25-27(33)30-29(36)32(28(25)34)23-13-15-24(35-2)16-14-23/h3-18H,1-2H3,(H,30,33,36). The van der Waals surface area contributed by atoms with Crippen molar-refractivity contribution in [3.8, 4) is 22.7 Å². The van der Waals surface area contributed by atoms with Crippen LogP contribution in [0.5, 0.6) is 5.75 Å². The van der Waals surface area contributed by atoms with Crippen LogP contribution >= 0.6 is 12.2 Å². The number of anilines is 1. The molecule has 6 nitrogen and oxygen atoms in total. The lowest BCUT2D eigenvalue weighted by Gasteiger charge is -2.29. The van der Waals surface area contributed by atoms with Crippen molar-refractivity contribution >= 4 is 40.9 Å². The molecule has 0 bridgehead atoms. The molecule has 5 rings (SSSR count). The zero-order valence-corrected chi connectivity index (χ0v) is 20.6. The molecule has 0 spiro atoms. The van der Waals surface area contributed by atoms with Gasteiger partial charge in [0.15, 0.2) is 5.11 Å². The molecular formula is C29H23N3O3S. The van der Waals surface area contributed by atoms with Gasteiger partial charge in [-0.25, -0.2) is 0 Å². The second kappa shape index (κ2) is 9.64. The van der Waals surface area contributed by atoms with E-state index in [4.69, 9.17) is 17.0 Å². The minimum atomic E-state index is -0.529. The number of carbonyl (C=O) groups is 2. The van der Waals surface area contributed by atoms with Crippen LogP contribution in [0, 0.1) is 6.92 Å². The van der Waals surface area contributed by atoms with Gasteiger partial charge in [-0.15, -0.1) is 0 Å². The van der Waals surface area contributed by atoms with Crippen LogP contribution in [0.4, 0.5) is 5.69 Å². The first kappa shape index (κ1) is 23.3. The third kappa shape index (κ3) is 4.21. The van der Waals surface area contributed by atoms with Crippen molar-refractivity contribution in [1.82, 2.24) is 9.88 Å². The summed E-state index contributed by atoms with van der Waals surface area (Å²) in [5.74, 6) is -0.365. The number of carbonyl (C=O) groups excluding carboxylic acids is 2. The lowest BCUT2D eigenvalue weighted by molar-refractivity contribution is -0.122. The number of benzene rings is 3. The van der Waals surface area contributed by atoms with Crippen molar-refractivity contribution in [3.63, 3.8) is 0 Å². The van der Waals surface area contributed by atoms with E-state index in [1.165, 1.54) is 4.90 Å². The summed E-state index contributed by atoms with van der Waals surface area (Å²) < 4.78 is 7.34. The van der Waals surface area contributed by atoms with Crippen LogP contribution in [-0.2, 0) is 9.59 Å². The Balaban J connectivity index is 1.65. The number of para-hydroxylation sites is 1. The Morgan fingerprint density at radius 1 is 0.861 bits per heavy atom. The summed E-state index contributed by atoms with van der Waals surface area (Å²) >= 11 is 5.34. The summed E-state index contributed by atoms with van der Waals surface area (Å²) in [6.45, 7) is 2.00. The van der Waals surface area contributed by atoms with E-state index in [1.807, 2.05) is 73.7 Å². The molecule has 1 aromatic heterocycles. The minimum absolute atomic E-state index is 0.00168. The van der Waals surface area contributed by atoms with Crippen molar-refractivity contribution < 1.29 is 14.3 Å². The van der Waals surface area contributed by atoms with Crippen LogP contribution in [0.2, 0.25) is 0 Å². The monoisotopic (exact) mass is 493 g/mol. The van der Waals surface area contributed by atoms with Gasteiger partial charge in [-0.2, -0.15) is 0 Å². The Labute approximate surface area is 214 Å². The summed E-state index contributed by atoms with van der Waals surface area (Å²) in [7, 11) is 1.57. The molecule has 1 aliphatic heterocycles. The molecule has 178 valence electrons. The van der Waals surface area contributed by atoms with Gasteiger partial charge in [0.05, 0.1) is 18.5 Å². The lowest BCUT2D eigenvalue weighted by Crippen LogP contribution is -2.54. The van der Waals surface area contributed by atoms with Crippen LogP contribution in [0.15, 0.2) is 96.6 Å². The van der Waals surface area contributed by atoms with Gasteiger partial charge in [0.25, 0.3) is 11.8 Å². The van der Waals surface area contributed by atoms with E-state index in [0.29, 0.717) is 11.4 Å². The van der Waals surface area contributed by atoms with Gasteiger partial charge in [0, 0.05) is 16.9 Å². The summed E-state index contributed by atoms with van der Waals surface area (Å²) in [4.78, 5) is 27.9. The molecule has 1 aliphatic rings. The highest BCUT2D eigenvalue weighted by Gasteiger charge is 2.35. The molecule has 36 heavy (non-hydrogen) atoms. The van der Waals surface area contributed by atoms with Gasteiger partial charge >= 0.3 is 0 Å². The number of aromatic nitrogens is 1. The van der Waals surface area contributed by atoms with E-state index in [0.717, 1.165) is 28.2 Å². The first-order chi connectivity index (χ1) is 17.5. The van der Waals surface area contributed by atoms with Gasteiger partial charge in [-0.3, -0.25) is 19.8 Å². The summed E-state index contributed by atoms with van der Waals surface area (Å²) in [5.41, 5.74) is 5.10. The third-order valence-corrected chi connectivity index (χ3v) is 6.29. The predicted octanol–water partition coefficient (Wildman–Crippen LogP) is 5.29. The van der Waals surface area contributed by atoms with E-state index in [1.54, 1.807) is 37.5 Å². The molecule has 7 heteroatoms. The van der Waals surface area contributed by atoms with Gasteiger partial charge in [-0.1, -0.05) is 48.5 Å². The molecule has 0 aliphatic carbocycles. The summed E-state index contributed by atoms with van der Waals surface area (Å²) in [6.07, 6.45) is 1.64. The number of thiocarbonyl (C=S) groups is 1. The molecule has 0 radical (unpaired) electrons.